The van der Waals surface area contributed by atoms with E-state index in [2.05, 4.69) is 38.1 Å². The van der Waals surface area contributed by atoms with Crippen molar-refractivity contribution < 1.29 is 4.74 Å². The molecule has 0 saturated heterocycles. The molecule has 0 aliphatic heterocycles. The normalized spacial score (nSPS) is 10.4. The molecule has 0 heterocycles. The highest BCUT2D eigenvalue weighted by molar-refractivity contribution is 5.72. The third-order valence-corrected chi connectivity index (χ3v) is 3.27. The van der Waals surface area contributed by atoms with Crippen LogP contribution in [0.25, 0.3) is 11.1 Å². The Kier molecular flexibility index (Phi) is 3.68. The van der Waals surface area contributed by atoms with Crippen LogP contribution < -0.4 is 10.5 Å². The van der Waals surface area contributed by atoms with E-state index in [1.807, 2.05) is 12.1 Å². The first-order chi connectivity index (χ1) is 8.67. The zero-order valence-corrected chi connectivity index (χ0v) is 11.2. The monoisotopic (exact) mass is 241 g/mol. The van der Waals surface area contributed by atoms with Crippen molar-refractivity contribution in [2.75, 3.05) is 7.11 Å². The summed E-state index contributed by atoms with van der Waals surface area (Å²) in [4.78, 5) is 0. The Morgan fingerprint density at radius 3 is 2.39 bits per heavy atom. The van der Waals surface area contributed by atoms with Gasteiger partial charge in [-0.2, -0.15) is 0 Å². The molecule has 0 saturated carbocycles. The van der Waals surface area contributed by atoms with Crippen LogP contribution in [0.3, 0.4) is 0 Å². The molecule has 2 aromatic carbocycles. The number of benzene rings is 2. The number of ether oxygens (including phenoxy) is 1. The van der Waals surface area contributed by atoms with E-state index in [0.29, 0.717) is 6.54 Å². The van der Waals surface area contributed by atoms with E-state index in [-0.39, 0.29) is 0 Å². The quantitative estimate of drug-likeness (QED) is 0.893. The largest absolute Gasteiger partial charge is 0.496 e. The molecule has 0 atom stereocenters. The first-order valence-electron chi connectivity index (χ1n) is 6.11. The standard InChI is InChI=1S/C16H19NO/c1-11-9-16(18-3)12(2)8-15(11)14-7-5-4-6-13(14)10-17/h4-9H,10,17H2,1-3H3. The van der Waals surface area contributed by atoms with Crippen molar-refractivity contribution in [1.82, 2.24) is 0 Å². The van der Waals surface area contributed by atoms with Crippen LogP contribution in [0.2, 0.25) is 0 Å². The summed E-state index contributed by atoms with van der Waals surface area (Å²) in [5, 5.41) is 0. The number of aryl methyl sites for hydroxylation is 2. The summed E-state index contributed by atoms with van der Waals surface area (Å²) in [5.41, 5.74) is 11.8. The lowest BCUT2D eigenvalue weighted by molar-refractivity contribution is 0.411. The summed E-state index contributed by atoms with van der Waals surface area (Å²) in [6, 6.07) is 12.5. The molecule has 0 aliphatic carbocycles. The first kappa shape index (κ1) is 12.7. The van der Waals surface area contributed by atoms with Crippen LogP contribution in [0, 0.1) is 13.8 Å². The molecule has 0 spiro atoms. The molecule has 0 aliphatic rings. The lowest BCUT2D eigenvalue weighted by Crippen LogP contribution is -2.00. The van der Waals surface area contributed by atoms with Crippen LogP contribution in [-0.2, 0) is 6.54 Å². The van der Waals surface area contributed by atoms with Crippen molar-refractivity contribution in [2.24, 2.45) is 5.73 Å². The van der Waals surface area contributed by atoms with Crippen LogP contribution in [0.5, 0.6) is 5.75 Å². The summed E-state index contributed by atoms with van der Waals surface area (Å²) in [6.07, 6.45) is 0. The predicted molar refractivity (Wildman–Crippen MR) is 75.8 cm³/mol. The van der Waals surface area contributed by atoms with E-state index < -0.39 is 0 Å². The van der Waals surface area contributed by atoms with Gasteiger partial charge in [-0.25, -0.2) is 0 Å². The Balaban J connectivity index is 2.61. The topological polar surface area (TPSA) is 35.2 Å². The van der Waals surface area contributed by atoms with Crippen molar-refractivity contribution in [2.45, 2.75) is 20.4 Å². The molecule has 2 nitrogen and oxygen atoms in total. The molecule has 0 aromatic heterocycles. The summed E-state index contributed by atoms with van der Waals surface area (Å²) < 4.78 is 5.35. The second-order valence-corrected chi connectivity index (χ2v) is 4.50. The molecule has 0 radical (unpaired) electrons. The zero-order chi connectivity index (χ0) is 13.1. The van der Waals surface area contributed by atoms with Crippen molar-refractivity contribution in [3.05, 3.63) is 53.1 Å². The highest BCUT2D eigenvalue weighted by Gasteiger charge is 2.09. The van der Waals surface area contributed by atoms with E-state index in [0.717, 1.165) is 11.3 Å². The predicted octanol–water partition coefficient (Wildman–Crippen LogP) is 3.44. The maximum absolute atomic E-state index is 5.81. The Labute approximate surface area is 108 Å². The van der Waals surface area contributed by atoms with Gasteiger partial charge in [-0.05, 0) is 53.8 Å². The summed E-state index contributed by atoms with van der Waals surface area (Å²) in [7, 11) is 1.70. The Hall–Kier alpha value is -1.80. The van der Waals surface area contributed by atoms with Gasteiger partial charge in [-0.3, -0.25) is 0 Å². The number of hydrogen-bond acceptors (Lipinski definition) is 2. The third kappa shape index (κ3) is 2.24. The minimum Gasteiger partial charge on any atom is -0.496 e. The van der Waals surface area contributed by atoms with Gasteiger partial charge in [0, 0.05) is 6.54 Å². The molecular formula is C16H19NO. The lowest BCUT2D eigenvalue weighted by atomic mass is 9.94. The van der Waals surface area contributed by atoms with E-state index in [1.165, 1.54) is 22.3 Å². The van der Waals surface area contributed by atoms with Crippen molar-refractivity contribution in [3.8, 4) is 16.9 Å². The SMILES string of the molecule is COc1cc(C)c(-c2ccccc2CN)cc1C. The average molecular weight is 241 g/mol. The van der Waals surface area contributed by atoms with Crippen LogP contribution >= 0.6 is 0 Å². The number of rotatable bonds is 3. The molecule has 2 rings (SSSR count). The molecule has 18 heavy (non-hydrogen) atoms. The van der Waals surface area contributed by atoms with Gasteiger partial charge in [0.1, 0.15) is 5.75 Å². The minimum atomic E-state index is 0.556. The van der Waals surface area contributed by atoms with Gasteiger partial charge in [0.05, 0.1) is 7.11 Å². The van der Waals surface area contributed by atoms with Gasteiger partial charge in [0.25, 0.3) is 0 Å². The molecule has 0 unspecified atom stereocenters. The number of methoxy groups -OCH3 is 1. The van der Waals surface area contributed by atoms with Crippen LogP contribution in [-0.4, -0.2) is 7.11 Å². The van der Waals surface area contributed by atoms with Gasteiger partial charge in [0.2, 0.25) is 0 Å². The highest BCUT2D eigenvalue weighted by atomic mass is 16.5. The van der Waals surface area contributed by atoms with E-state index in [4.69, 9.17) is 10.5 Å². The molecule has 94 valence electrons. The minimum absolute atomic E-state index is 0.556. The molecule has 0 bridgehead atoms. The Morgan fingerprint density at radius 1 is 1.00 bits per heavy atom. The summed E-state index contributed by atoms with van der Waals surface area (Å²) >= 11 is 0. The summed E-state index contributed by atoms with van der Waals surface area (Å²) in [6.45, 7) is 4.72. The molecule has 0 amide bonds. The fourth-order valence-electron chi connectivity index (χ4n) is 2.26. The number of hydrogen-bond donors (Lipinski definition) is 1. The van der Waals surface area contributed by atoms with Gasteiger partial charge >= 0.3 is 0 Å². The average Bonchev–Trinajstić information content (AvgIpc) is 2.41. The maximum atomic E-state index is 5.81. The first-order valence-corrected chi connectivity index (χ1v) is 6.11. The maximum Gasteiger partial charge on any atom is 0.122 e. The third-order valence-electron chi connectivity index (χ3n) is 3.27. The highest BCUT2D eigenvalue weighted by Crippen LogP contribution is 2.31. The fourth-order valence-corrected chi connectivity index (χ4v) is 2.26. The van der Waals surface area contributed by atoms with E-state index in [1.54, 1.807) is 7.11 Å². The molecule has 0 fully saturated rings. The molecule has 2 N–H and O–H groups in total. The fraction of sp³-hybridized carbons (Fsp3) is 0.250. The van der Waals surface area contributed by atoms with Crippen molar-refractivity contribution in [1.29, 1.82) is 0 Å². The van der Waals surface area contributed by atoms with Crippen LogP contribution in [0.4, 0.5) is 0 Å². The molecular weight excluding hydrogens is 222 g/mol. The lowest BCUT2D eigenvalue weighted by Gasteiger charge is -2.14. The van der Waals surface area contributed by atoms with Crippen molar-refractivity contribution in [3.63, 3.8) is 0 Å². The van der Waals surface area contributed by atoms with E-state index in [9.17, 15) is 0 Å². The molecule has 2 aromatic rings. The Bertz CT molecular complexity index is 561. The van der Waals surface area contributed by atoms with E-state index >= 15 is 0 Å². The summed E-state index contributed by atoms with van der Waals surface area (Å²) in [5.74, 6) is 0.932. The van der Waals surface area contributed by atoms with Gasteiger partial charge in [-0.1, -0.05) is 24.3 Å². The Morgan fingerprint density at radius 2 is 1.72 bits per heavy atom. The number of nitrogens with two attached hydrogens (primary N) is 1. The van der Waals surface area contributed by atoms with Gasteiger partial charge in [-0.15, -0.1) is 0 Å². The second-order valence-electron chi connectivity index (χ2n) is 4.50. The van der Waals surface area contributed by atoms with Crippen molar-refractivity contribution >= 4 is 0 Å². The smallest absolute Gasteiger partial charge is 0.122 e. The second kappa shape index (κ2) is 5.23. The van der Waals surface area contributed by atoms with Crippen LogP contribution in [0.15, 0.2) is 36.4 Å². The van der Waals surface area contributed by atoms with Crippen LogP contribution in [0.1, 0.15) is 16.7 Å². The van der Waals surface area contributed by atoms with Gasteiger partial charge in [0.15, 0.2) is 0 Å². The molecule has 2 heteroatoms. The zero-order valence-electron chi connectivity index (χ0n) is 11.2. The van der Waals surface area contributed by atoms with Gasteiger partial charge < -0.3 is 10.5 Å².